The normalized spacial score (nSPS) is 11.8. The minimum atomic E-state index is -0.778. The highest BCUT2D eigenvalue weighted by molar-refractivity contribution is 9.14. The molecule has 1 unspecified atom stereocenters. The average molecular weight is 2950 g/mol. The summed E-state index contributed by atoms with van der Waals surface area (Å²) < 4.78 is 131. The molecule has 1 aliphatic rings. The number of nitriles is 1. The van der Waals surface area contributed by atoms with E-state index in [1.807, 2.05) is 36.4 Å². The Morgan fingerprint density at radius 2 is 0.826 bits per heavy atom. The van der Waals surface area contributed by atoms with Crippen LogP contribution in [0.3, 0.4) is 0 Å². The molecule has 1 atom stereocenters. The Morgan fingerprint density at radius 1 is 0.431 bits per heavy atom. The summed E-state index contributed by atoms with van der Waals surface area (Å²) in [6.07, 6.45) is 9.53. The number of nitrogens with zero attached hydrogens (tertiary/aromatic N) is 1. The van der Waals surface area contributed by atoms with Gasteiger partial charge in [0, 0.05) is 48.4 Å². The highest BCUT2D eigenvalue weighted by Gasteiger charge is 2.33. The number of esters is 4. The van der Waals surface area contributed by atoms with E-state index in [4.69, 9.17) is 38.6 Å². The minimum absolute atomic E-state index is 0.00752. The summed E-state index contributed by atoms with van der Waals surface area (Å²) in [5.41, 5.74) is 2.70. The van der Waals surface area contributed by atoms with Crippen molar-refractivity contribution in [2.75, 3.05) is 32.2 Å². The lowest BCUT2D eigenvalue weighted by molar-refractivity contribution is -0.267. The van der Waals surface area contributed by atoms with Crippen LogP contribution in [0.1, 0.15) is 143 Å². The highest BCUT2D eigenvalue weighted by atomic mass is 79.9. The van der Waals surface area contributed by atoms with Crippen LogP contribution in [-0.4, -0.2) is 79.6 Å². The third kappa shape index (κ3) is 25.5. The lowest BCUT2D eigenvalue weighted by atomic mass is 9.87. The van der Waals surface area contributed by atoms with Crippen LogP contribution in [0.5, 0.6) is 11.5 Å². The van der Waals surface area contributed by atoms with Crippen LogP contribution < -0.4 is 20.4 Å². The molecule has 0 bridgehead atoms. The van der Waals surface area contributed by atoms with Crippen LogP contribution in [0.2, 0.25) is 0 Å². The van der Waals surface area contributed by atoms with Crippen LogP contribution >= 0.6 is 327 Å². The number of nitrogens with one attached hydrogen (secondary N) is 1. The van der Waals surface area contributed by atoms with Crippen LogP contribution in [0.25, 0.3) is 93.0 Å². The van der Waals surface area contributed by atoms with E-state index in [1.165, 1.54) is 92.3 Å². The lowest BCUT2D eigenvalue weighted by Crippen LogP contribution is -2.19. The Balaban J connectivity index is 0.000000130. The number of benzene rings is 6. The van der Waals surface area contributed by atoms with Crippen LogP contribution in [0, 0.1) is 46.2 Å². The Morgan fingerprint density at radius 3 is 1.26 bits per heavy atom. The van der Waals surface area contributed by atoms with E-state index in [1.54, 1.807) is 67.8 Å². The van der Waals surface area contributed by atoms with E-state index in [0.29, 0.717) is 144 Å². The van der Waals surface area contributed by atoms with Gasteiger partial charge in [-0.3, -0.25) is 19.6 Å². The summed E-state index contributed by atoms with van der Waals surface area (Å²) in [5.74, 6) is -6.15. The summed E-state index contributed by atoms with van der Waals surface area (Å²) in [6.45, 7) is 4.89. The molecule has 0 saturated carbocycles. The number of unbranched alkanes of at least 4 members (excludes halogenated alkanes) is 6. The van der Waals surface area contributed by atoms with Gasteiger partial charge in [-0.15, -0.1) is 143 Å². The fraction of sp³-hybridized carbons (Fsp3) is 0.156. The van der Waals surface area contributed by atoms with Gasteiger partial charge in [-0.1, -0.05) is 80.3 Å². The number of carbonyl (C=O) groups excluding carboxylic acids is 7. The molecule has 13 heterocycles. The van der Waals surface area contributed by atoms with Crippen LogP contribution in [-0.2, 0) is 25.5 Å². The van der Waals surface area contributed by atoms with Crippen molar-refractivity contribution in [2.24, 2.45) is 0 Å². The van der Waals surface area contributed by atoms with Gasteiger partial charge in [0.15, 0.2) is 40.7 Å². The van der Waals surface area contributed by atoms with Gasteiger partial charge >= 0.3 is 29.5 Å². The molecule has 1 aliphatic carbocycles. The molecule has 20 rings (SSSR count). The Labute approximate surface area is 960 Å². The lowest BCUT2D eigenvalue weighted by Gasteiger charge is -2.18. The monoisotopic (exact) mass is 2940 g/mol. The van der Waals surface area contributed by atoms with Gasteiger partial charge in [0.05, 0.1) is 131 Å². The van der Waals surface area contributed by atoms with Crippen LogP contribution in [0.4, 0.5) is 32.0 Å². The SMILES string of the molecule is C=CC(CCCCCCOC(=O)c1sc2c(Br)sc(Br)c2c1F)OO.COCCCCCCOC(=O)c1sc2c(Br)sc(Br)c2c1F.N#Cc1cccc(C(=O)c2sc3c(Br)sc(Br)c3c2F)c1.O=C(Oc1ccc2cc3ccccc3cc2c1)c1sc2c(Br)sc(Br)c2c1F.O=C(Oc1ccc2oc(=O)ccc2c1)c1sc2c(Br)sc(Br)c2c1F.O=C1Cc2ccc(NC(=O)c3sc4c(Br)sc(Br)c4c3F)cc21. The van der Waals surface area contributed by atoms with Gasteiger partial charge < -0.3 is 33.4 Å². The summed E-state index contributed by atoms with van der Waals surface area (Å²) in [7, 11) is 1.68. The first-order valence-electron chi connectivity index (χ1n) is 41.5. The summed E-state index contributed by atoms with van der Waals surface area (Å²) in [4.78, 5) is 101. The number of amides is 1. The number of Topliss-reactive ketones (excluding diaryl/α,β-unsaturated/α-hetero) is 1. The molecule has 0 fully saturated rings. The van der Waals surface area contributed by atoms with Gasteiger partial charge in [0.2, 0.25) is 5.78 Å². The fourth-order valence-corrected chi connectivity index (χ4v) is 40.8. The number of ether oxygens (including phenoxy) is 5. The molecule has 48 heteroatoms. The summed E-state index contributed by atoms with van der Waals surface area (Å²) >= 11 is 55.0. The number of methoxy groups -OCH3 is 1. The predicted octanol–water partition coefficient (Wildman–Crippen LogP) is 38.2. The molecule has 1 amide bonds. The van der Waals surface area contributed by atoms with E-state index in [2.05, 4.69) is 226 Å². The van der Waals surface area contributed by atoms with Gasteiger partial charge in [-0.2, -0.15) is 5.26 Å². The highest BCUT2D eigenvalue weighted by Crippen LogP contribution is 2.53. The second-order valence-corrected chi connectivity index (χ2v) is 58.3. The van der Waals surface area contributed by atoms with Gasteiger partial charge in [0.25, 0.3) is 5.91 Å². The molecule has 0 radical (unpaired) electrons. The molecule has 19 aromatic rings. The second kappa shape index (κ2) is 50.6. The maximum absolute atomic E-state index is 14.7. The van der Waals surface area contributed by atoms with Gasteiger partial charge in [0.1, 0.15) is 52.4 Å². The van der Waals surface area contributed by atoms with Crippen molar-refractivity contribution in [1.29, 1.82) is 5.26 Å². The quantitative estimate of drug-likeness (QED) is 0.00488. The molecule has 0 aliphatic heterocycles. The molecule has 18 nitrogen and oxygen atoms in total. The molecule has 0 saturated heterocycles. The van der Waals surface area contributed by atoms with Crippen molar-refractivity contribution in [3.63, 3.8) is 0 Å². The number of fused-ring (bicyclic) bond motifs is 10. The average Bonchev–Trinajstić information content (AvgIpc) is 1.13. The molecule has 13 aromatic heterocycles. The second-order valence-electron chi connectivity index (χ2n) is 30.2. The number of anilines is 1. The number of carbonyl (C=O) groups is 7. The fourth-order valence-electron chi connectivity index (χ4n) is 14.1. The largest absolute Gasteiger partial charge is 0.461 e. The van der Waals surface area contributed by atoms with Crippen LogP contribution in [0.15, 0.2) is 195 Å². The Kier molecular flexibility index (Phi) is 39.4. The van der Waals surface area contributed by atoms with Crippen molar-refractivity contribution >= 4 is 467 Å². The Hall–Kier alpha value is -5.85. The third-order valence-corrected chi connectivity index (χ3v) is 45.6. The van der Waals surface area contributed by atoms with Gasteiger partial charge in [-0.25, -0.2) is 55.2 Å². The first-order chi connectivity index (χ1) is 69.0. The number of thiophene rings is 12. The number of rotatable bonds is 26. The van der Waals surface area contributed by atoms with E-state index in [0.717, 1.165) is 174 Å². The maximum Gasteiger partial charge on any atom is 0.356 e. The zero-order valence-electron chi connectivity index (χ0n) is 72.4. The van der Waals surface area contributed by atoms with Crippen molar-refractivity contribution in [3.8, 4) is 17.6 Å². The molecule has 144 heavy (non-hydrogen) atoms. The number of hydrogen-bond donors (Lipinski definition) is 2. The summed E-state index contributed by atoms with van der Waals surface area (Å²) in [5, 5.41) is 27.5. The molecular formula is C96H56Br12F6N2O16S12. The van der Waals surface area contributed by atoms with E-state index in [-0.39, 0.29) is 53.5 Å². The maximum atomic E-state index is 14.7. The third-order valence-electron chi connectivity index (χ3n) is 21.0. The summed E-state index contributed by atoms with van der Waals surface area (Å²) in [6, 6.07) is 38.5. The van der Waals surface area contributed by atoms with E-state index >= 15 is 0 Å². The Bertz CT molecular complexity index is 8390. The van der Waals surface area contributed by atoms with Crippen molar-refractivity contribution in [3.05, 3.63) is 282 Å². The predicted molar refractivity (Wildman–Crippen MR) is 613 cm³/mol. The van der Waals surface area contributed by atoms with Crippen molar-refractivity contribution in [2.45, 2.75) is 70.3 Å². The van der Waals surface area contributed by atoms with Crippen molar-refractivity contribution in [1.82, 2.24) is 0 Å². The number of ketones is 2. The number of halogens is 18. The zero-order valence-corrected chi connectivity index (χ0v) is 101. The first kappa shape index (κ1) is 112. The number of hydrogen-bond acceptors (Lipinski definition) is 29. The molecule has 6 aromatic carbocycles. The first-order valence-corrected chi connectivity index (χ1v) is 60.8. The van der Waals surface area contributed by atoms with E-state index < -0.39 is 76.1 Å². The topological polar surface area (TPSA) is 261 Å². The zero-order chi connectivity index (χ0) is 103. The molecule has 0 spiro atoms. The smallest absolute Gasteiger partial charge is 0.356 e. The van der Waals surface area contributed by atoms with E-state index in [9.17, 15) is 64.7 Å². The molecule has 744 valence electrons. The van der Waals surface area contributed by atoms with Crippen molar-refractivity contribution < 1.29 is 98.2 Å². The molecule has 2 N–H and O–H groups in total. The van der Waals surface area contributed by atoms with Gasteiger partial charge in [-0.05, 0) is 323 Å². The minimum Gasteiger partial charge on any atom is -0.461 e. The standard InChI is InChI=1S/C21H9Br2FO2S2.C16H5Br2FO4S2.C16H17Br2FO4S2.C15H6Br2FNO2S2.C14H4Br2FNOS2.C14H15Br2FO3S2/c22-19-15-16(24)18(27-17(15)20(23)28-19)21(25)26-14-6-5-12-7-10-3-1-2-4-11(10)8-13(12)9-14;17-14-10-11(19)13(24-12(10)15(18)25-14)16(21)22-7-2-3-8-6(5-7)1-4-9(20)23-8;1-2-9(23-21)7-5-3-4-6-8-22-16(20)13-11(19)10-12(24-13)15(18)25-14(10)17;16-13-9-10(18)12(22-11(9)14(17)23-13)15(21)19-6-2-1-5-3-8(20)7(5)4-6;15-13-8-9(17)12(20-11(8)14(16)21-13)10(19)7-3-1-2-6(4-7)5-18;1-19-6-4-2-3-5-7-20-14(18)11-9(17)8-10(21-11)13(16)22-12(8)15/h1-9H;1-5H;2,9,21H,1,3-8H2;1-2,4H,3H2,(H,19,21);1-4H;2-7H2,1H3. The molecular weight excluding hydrogens is 2890 g/mol.